The van der Waals surface area contributed by atoms with E-state index in [-0.39, 0.29) is 19.3 Å². The molecule has 0 aromatic carbocycles. The minimum Gasteiger partial charge on any atom is -0.396 e. The minimum atomic E-state index is -0.0825. The quantitative estimate of drug-likeness (QED) is 0.518. The fourth-order valence-corrected chi connectivity index (χ4v) is 0.911. The molecule has 0 rings (SSSR count). The smallest absolute Gasteiger partial charge is 0.0582 e. The highest BCUT2D eigenvalue weighted by atomic mass is 16.3. The molecule has 0 saturated heterocycles. The Balaban J connectivity index is 3.13. The van der Waals surface area contributed by atoms with Crippen molar-refractivity contribution in [2.24, 2.45) is 11.7 Å². The molecule has 0 aliphatic rings. The molecule has 11 heavy (non-hydrogen) atoms. The van der Waals surface area contributed by atoms with E-state index in [1.165, 1.54) is 0 Å². The molecule has 0 aliphatic heterocycles. The van der Waals surface area contributed by atoms with E-state index >= 15 is 0 Å². The van der Waals surface area contributed by atoms with Gasteiger partial charge in [-0.3, -0.25) is 0 Å². The topological polar surface area (TPSA) is 66.5 Å². The van der Waals surface area contributed by atoms with Gasteiger partial charge in [-0.1, -0.05) is 13.3 Å². The van der Waals surface area contributed by atoms with Gasteiger partial charge in [-0.05, 0) is 18.8 Å². The molecule has 0 radical (unpaired) electrons. The Morgan fingerprint density at radius 1 is 1.18 bits per heavy atom. The summed E-state index contributed by atoms with van der Waals surface area (Å²) in [7, 11) is 0. The van der Waals surface area contributed by atoms with Crippen LogP contribution in [0.3, 0.4) is 0 Å². The Labute approximate surface area is 68.2 Å². The van der Waals surface area contributed by atoms with Gasteiger partial charge in [0.25, 0.3) is 0 Å². The van der Waals surface area contributed by atoms with Crippen LogP contribution in [0.25, 0.3) is 0 Å². The van der Waals surface area contributed by atoms with Gasteiger partial charge in [0.2, 0.25) is 0 Å². The summed E-state index contributed by atoms with van der Waals surface area (Å²) in [5.74, 6) is 0.362. The van der Waals surface area contributed by atoms with Crippen LogP contribution >= 0.6 is 0 Å². The van der Waals surface area contributed by atoms with Gasteiger partial charge in [0.1, 0.15) is 0 Å². The first kappa shape index (κ1) is 10.9. The Kier molecular flexibility index (Phi) is 6.51. The summed E-state index contributed by atoms with van der Waals surface area (Å²) in [6.07, 6.45) is 2.83. The lowest BCUT2D eigenvalue weighted by atomic mass is 10.0. The molecule has 0 amide bonds. The SMILES string of the molecule is CC(CO)CCCC(N)CO. The van der Waals surface area contributed by atoms with E-state index in [1.54, 1.807) is 0 Å². The lowest BCUT2D eigenvalue weighted by Crippen LogP contribution is -2.24. The van der Waals surface area contributed by atoms with Gasteiger partial charge >= 0.3 is 0 Å². The molecule has 0 fully saturated rings. The van der Waals surface area contributed by atoms with Crippen LogP contribution in [-0.2, 0) is 0 Å². The van der Waals surface area contributed by atoms with Gasteiger partial charge in [0.05, 0.1) is 6.61 Å². The molecular formula is C8H19NO2. The summed E-state index contributed by atoms with van der Waals surface area (Å²) in [5, 5.41) is 17.3. The lowest BCUT2D eigenvalue weighted by molar-refractivity contribution is 0.221. The lowest BCUT2D eigenvalue weighted by Gasteiger charge is -2.09. The molecule has 0 heterocycles. The van der Waals surface area contributed by atoms with Crippen molar-refractivity contribution in [3.63, 3.8) is 0 Å². The predicted molar refractivity (Wildman–Crippen MR) is 45.2 cm³/mol. The third-order valence-electron chi connectivity index (χ3n) is 1.82. The van der Waals surface area contributed by atoms with Crippen molar-refractivity contribution in [3.05, 3.63) is 0 Å². The summed E-state index contributed by atoms with van der Waals surface area (Å²) in [6.45, 7) is 2.31. The van der Waals surface area contributed by atoms with E-state index < -0.39 is 0 Å². The molecule has 0 bridgehead atoms. The average Bonchev–Trinajstić information content (AvgIpc) is 2.04. The predicted octanol–water partition coefficient (Wildman–Crippen LogP) is 0.105. The first-order valence-corrected chi connectivity index (χ1v) is 4.18. The minimum absolute atomic E-state index is 0.0630. The van der Waals surface area contributed by atoms with Crippen LogP contribution < -0.4 is 5.73 Å². The first-order valence-electron chi connectivity index (χ1n) is 4.18. The maximum absolute atomic E-state index is 8.68. The second-order valence-electron chi connectivity index (χ2n) is 3.16. The molecule has 0 aromatic rings. The molecule has 3 heteroatoms. The zero-order valence-electron chi connectivity index (χ0n) is 7.16. The molecule has 0 aromatic heterocycles. The summed E-state index contributed by atoms with van der Waals surface area (Å²) in [4.78, 5) is 0. The Morgan fingerprint density at radius 2 is 1.82 bits per heavy atom. The Morgan fingerprint density at radius 3 is 2.27 bits per heavy atom. The van der Waals surface area contributed by atoms with Crippen molar-refractivity contribution in [1.82, 2.24) is 0 Å². The van der Waals surface area contributed by atoms with Crippen molar-refractivity contribution in [1.29, 1.82) is 0 Å². The van der Waals surface area contributed by atoms with Crippen LogP contribution in [0.4, 0.5) is 0 Å². The summed E-state index contributed by atoms with van der Waals surface area (Å²) >= 11 is 0. The first-order chi connectivity index (χ1) is 5.20. The molecule has 0 aliphatic carbocycles. The van der Waals surface area contributed by atoms with Crippen LogP contribution in [0.5, 0.6) is 0 Å². The van der Waals surface area contributed by atoms with Gasteiger partial charge in [0, 0.05) is 12.6 Å². The zero-order valence-corrected chi connectivity index (χ0v) is 7.16. The van der Waals surface area contributed by atoms with Crippen molar-refractivity contribution in [2.45, 2.75) is 32.2 Å². The number of nitrogens with two attached hydrogens (primary N) is 1. The normalized spacial score (nSPS) is 16.4. The molecule has 3 nitrogen and oxygen atoms in total. The van der Waals surface area contributed by atoms with E-state index in [4.69, 9.17) is 15.9 Å². The highest BCUT2D eigenvalue weighted by Crippen LogP contribution is 2.07. The van der Waals surface area contributed by atoms with E-state index in [0.717, 1.165) is 19.3 Å². The second-order valence-corrected chi connectivity index (χ2v) is 3.16. The average molecular weight is 161 g/mol. The number of rotatable bonds is 6. The molecule has 2 unspecified atom stereocenters. The number of aliphatic hydroxyl groups is 2. The standard InChI is InChI=1S/C8H19NO2/c1-7(5-10)3-2-4-8(9)6-11/h7-8,10-11H,2-6,9H2,1H3. The van der Waals surface area contributed by atoms with Gasteiger partial charge in [0.15, 0.2) is 0 Å². The third kappa shape index (κ3) is 6.28. The zero-order chi connectivity index (χ0) is 8.69. The Hall–Kier alpha value is -0.120. The van der Waals surface area contributed by atoms with Crippen molar-refractivity contribution in [3.8, 4) is 0 Å². The van der Waals surface area contributed by atoms with E-state index in [9.17, 15) is 0 Å². The fraction of sp³-hybridized carbons (Fsp3) is 1.00. The van der Waals surface area contributed by atoms with E-state index in [0.29, 0.717) is 5.92 Å². The highest BCUT2D eigenvalue weighted by Gasteiger charge is 2.02. The van der Waals surface area contributed by atoms with Crippen molar-refractivity contribution < 1.29 is 10.2 Å². The third-order valence-corrected chi connectivity index (χ3v) is 1.82. The molecule has 4 N–H and O–H groups in total. The largest absolute Gasteiger partial charge is 0.396 e. The fourth-order valence-electron chi connectivity index (χ4n) is 0.911. The number of aliphatic hydroxyl groups excluding tert-OH is 2. The molecule has 68 valence electrons. The van der Waals surface area contributed by atoms with Gasteiger partial charge < -0.3 is 15.9 Å². The van der Waals surface area contributed by atoms with Crippen molar-refractivity contribution >= 4 is 0 Å². The summed E-state index contributed by atoms with van der Waals surface area (Å²) < 4.78 is 0. The monoisotopic (exact) mass is 161 g/mol. The molecule has 0 spiro atoms. The second kappa shape index (κ2) is 6.58. The van der Waals surface area contributed by atoms with Gasteiger partial charge in [-0.2, -0.15) is 0 Å². The van der Waals surface area contributed by atoms with Gasteiger partial charge in [-0.15, -0.1) is 0 Å². The maximum Gasteiger partial charge on any atom is 0.0582 e. The van der Waals surface area contributed by atoms with Crippen molar-refractivity contribution in [2.75, 3.05) is 13.2 Å². The van der Waals surface area contributed by atoms with Gasteiger partial charge in [-0.25, -0.2) is 0 Å². The summed E-state index contributed by atoms with van der Waals surface area (Å²) in [6, 6.07) is -0.0825. The molecule has 2 atom stereocenters. The van der Waals surface area contributed by atoms with E-state index in [2.05, 4.69) is 0 Å². The number of hydrogen-bond donors (Lipinski definition) is 3. The maximum atomic E-state index is 8.68. The number of hydrogen-bond acceptors (Lipinski definition) is 3. The molecule has 0 saturated carbocycles. The van der Waals surface area contributed by atoms with Crippen LogP contribution in [0, 0.1) is 5.92 Å². The summed E-state index contributed by atoms with van der Waals surface area (Å²) in [5.41, 5.74) is 5.49. The van der Waals surface area contributed by atoms with Crippen LogP contribution in [0.1, 0.15) is 26.2 Å². The van der Waals surface area contributed by atoms with E-state index in [1.807, 2.05) is 6.92 Å². The molecular weight excluding hydrogens is 142 g/mol. The Bertz CT molecular complexity index is 78.2. The highest BCUT2D eigenvalue weighted by molar-refractivity contribution is 4.60. The van der Waals surface area contributed by atoms with Crippen LogP contribution in [0.2, 0.25) is 0 Å². The van der Waals surface area contributed by atoms with Crippen LogP contribution in [0.15, 0.2) is 0 Å². The van der Waals surface area contributed by atoms with Crippen LogP contribution in [-0.4, -0.2) is 29.5 Å².